The number of ketones is 1. The molecular weight excluding hydrogens is 548 g/mol. The number of esters is 4. The van der Waals surface area contributed by atoms with Crippen molar-refractivity contribution in [3.05, 3.63) is 0 Å². The van der Waals surface area contributed by atoms with E-state index in [9.17, 15) is 24.0 Å². The molecule has 0 aromatic carbocycles. The van der Waals surface area contributed by atoms with Gasteiger partial charge >= 0.3 is 23.9 Å². The van der Waals surface area contributed by atoms with E-state index in [0.717, 1.165) is 20.8 Å². The second-order valence-electron chi connectivity index (χ2n) is 8.55. The SMILES string of the molecule is CCCO[C@@H](O[C@@H]1O[C@H](COC(C)=O)[C@@H](OC(C)=O)[C@H](OC(C)=O)[C@H]1OC(C)=O)[C@@]1(Br)CCCC1=O. The lowest BCUT2D eigenvalue weighted by molar-refractivity contribution is -0.342. The van der Waals surface area contributed by atoms with Crippen LogP contribution in [0.4, 0.5) is 0 Å². The van der Waals surface area contributed by atoms with Gasteiger partial charge in [-0.3, -0.25) is 24.0 Å². The van der Waals surface area contributed by atoms with Crippen LogP contribution in [0, 0.1) is 0 Å². The largest absolute Gasteiger partial charge is 0.463 e. The van der Waals surface area contributed by atoms with Crippen LogP contribution < -0.4 is 0 Å². The fraction of sp³-hybridized carbons (Fsp3) is 0.783. The van der Waals surface area contributed by atoms with E-state index in [0.29, 0.717) is 25.7 Å². The molecule has 2 aliphatic rings. The second kappa shape index (κ2) is 13.5. The molecule has 13 heteroatoms. The minimum absolute atomic E-state index is 0.130. The van der Waals surface area contributed by atoms with Crippen LogP contribution in [0.5, 0.6) is 0 Å². The predicted octanol–water partition coefficient (Wildman–Crippen LogP) is 1.73. The molecule has 1 aliphatic carbocycles. The molecule has 0 unspecified atom stereocenters. The number of carbonyl (C=O) groups excluding carboxylic acids is 5. The summed E-state index contributed by atoms with van der Waals surface area (Å²) in [4.78, 5) is 60.0. The summed E-state index contributed by atoms with van der Waals surface area (Å²) in [5.74, 6) is -3.03. The number of alkyl halides is 1. The maximum absolute atomic E-state index is 12.7. The molecule has 1 heterocycles. The highest BCUT2D eigenvalue weighted by molar-refractivity contribution is 9.10. The van der Waals surface area contributed by atoms with E-state index >= 15 is 0 Å². The van der Waals surface area contributed by atoms with E-state index in [1.807, 2.05) is 6.92 Å². The number of Topliss-reactive ketones (excluding diaryl/α,β-unsaturated/α-hetero) is 1. The lowest BCUT2D eigenvalue weighted by atomic mass is 9.97. The van der Waals surface area contributed by atoms with E-state index in [1.54, 1.807) is 0 Å². The third-order valence-electron chi connectivity index (χ3n) is 5.46. The van der Waals surface area contributed by atoms with Crippen LogP contribution in [-0.2, 0) is 57.1 Å². The van der Waals surface area contributed by atoms with Crippen LogP contribution in [0.3, 0.4) is 0 Å². The van der Waals surface area contributed by atoms with Crippen molar-refractivity contribution in [1.29, 1.82) is 0 Å². The minimum Gasteiger partial charge on any atom is -0.463 e. The molecule has 0 aromatic rings. The molecule has 7 atom stereocenters. The van der Waals surface area contributed by atoms with Crippen molar-refractivity contribution < 1.29 is 57.1 Å². The summed E-state index contributed by atoms with van der Waals surface area (Å²) in [7, 11) is 0. The van der Waals surface area contributed by atoms with Crippen molar-refractivity contribution in [2.75, 3.05) is 13.2 Å². The van der Waals surface area contributed by atoms with Crippen LogP contribution >= 0.6 is 15.9 Å². The van der Waals surface area contributed by atoms with Gasteiger partial charge in [0.15, 0.2) is 30.4 Å². The number of hydrogen-bond donors (Lipinski definition) is 0. The number of halogens is 1. The molecule has 1 aliphatic heterocycles. The van der Waals surface area contributed by atoms with Gasteiger partial charge in [0.25, 0.3) is 0 Å². The Bertz CT molecular complexity index is 832. The third-order valence-corrected chi connectivity index (χ3v) is 6.67. The van der Waals surface area contributed by atoms with Gasteiger partial charge in [-0.25, -0.2) is 0 Å². The molecule has 2 fully saturated rings. The summed E-state index contributed by atoms with van der Waals surface area (Å²) >= 11 is 3.48. The first kappa shape index (κ1) is 30.1. The van der Waals surface area contributed by atoms with Gasteiger partial charge in [-0.2, -0.15) is 0 Å². The molecule has 0 radical (unpaired) electrons. The summed E-state index contributed by atoms with van der Waals surface area (Å²) in [6.45, 7) is 6.30. The molecule has 0 spiro atoms. The normalized spacial score (nSPS) is 30.8. The zero-order chi connectivity index (χ0) is 27.0. The summed E-state index contributed by atoms with van der Waals surface area (Å²) in [5, 5.41) is 0. The smallest absolute Gasteiger partial charge is 0.303 e. The van der Waals surface area contributed by atoms with Gasteiger partial charge in [0, 0.05) is 40.7 Å². The van der Waals surface area contributed by atoms with Crippen molar-refractivity contribution in [2.45, 2.75) is 102 Å². The molecule has 1 saturated carbocycles. The monoisotopic (exact) mass is 580 g/mol. The fourth-order valence-corrected chi connectivity index (χ4v) is 4.75. The van der Waals surface area contributed by atoms with E-state index in [1.165, 1.54) is 6.92 Å². The van der Waals surface area contributed by atoms with Gasteiger partial charge in [0.2, 0.25) is 6.29 Å². The van der Waals surface area contributed by atoms with Gasteiger partial charge in [0.05, 0.1) is 0 Å². The Kier molecular flexibility index (Phi) is 11.3. The molecule has 0 amide bonds. The average molecular weight is 581 g/mol. The molecule has 0 N–H and O–H groups in total. The number of rotatable bonds is 11. The number of hydrogen-bond acceptors (Lipinski definition) is 12. The van der Waals surface area contributed by atoms with Crippen LogP contribution in [0.1, 0.15) is 60.3 Å². The third kappa shape index (κ3) is 7.95. The predicted molar refractivity (Wildman–Crippen MR) is 124 cm³/mol. The van der Waals surface area contributed by atoms with Crippen LogP contribution in [0.25, 0.3) is 0 Å². The van der Waals surface area contributed by atoms with Crippen molar-refractivity contribution in [3.63, 3.8) is 0 Å². The van der Waals surface area contributed by atoms with Gasteiger partial charge in [-0.15, -0.1) is 0 Å². The first-order chi connectivity index (χ1) is 16.9. The van der Waals surface area contributed by atoms with Gasteiger partial charge in [-0.1, -0.05) is 22.9 Å². The molecule has 2 rings (SSSR count). The zero-order valence-corrected chi connectivity index (χ0v) is 22.6. The standard InChI is InChI=1S/C23H33BrO12/c1-6-10-30-22(23(24)9-7-8-17(23)29)36-21-20(34-15(5)28)19(33-14(4)27)18(32-13(3)26)16(35-21)11-31-12(2)25/h16,18-22H,6-11H2,1-5H3/t16-,18-,19+,20-,21+,22+,23-/m1/s1. The van der Waals surface area contributed by atoms with E-state index in [-0.39, 0.29) is 12.4 Å². The van der Waals surface area contributed by atoms with Crippen molar-refractivity contribution in [1.82, 2.24) is 0 Å². The van der Waals surface area contributed by atoms with E-state index in [4.69, 9.17) is 33.2 Å². The maximum Gasteiger partial charge on any atom is 0.303 e. The second-order valence-corrected chi connectivity index (χ2v) is 9.96. The zero-order valence-electron chi connectivity index (χ0n) is 21.0. The molecule has 1 saturated heterocycles. The van der Waals surface area contributed by atoms with E-state index < -0.39 is 71.8 Å². The summed E-state index contributed by atoms with van der Waals surface area (Å²) < 4.78 is 38.0. The molecule has 12 nitrogen and oxygen atoms in total. The Morgan fingerprint density at radius 2 is 1.56 bits per heavy atom. The quantitative estimate of drug-likeness (QED) is 0.151. The first-order valence-electron chi connectivity index (χ1n) is 11.7. The molecule has 204 valence electrons. The molecular formula is C23H33BrO12. The number of ether oxygens (including phenoxy) is 7. The lowest BCUT2D eigenvalue weighted by Gasteiger charge is -2.45. The molecule has 0 bridgehead atoms. The van der Waals surface area contributed by atoms with Crippen molar-refractivity contribution in [3.8, 4) is 0 Å². The maximum atomic E-state index is 12.7. The van der Waals surface area contributed by atoms with Crippen LogP contribution in [0.15, 0.2) is 0 Å². The average Bonchev–Trinajstić information content (AvgIpc) is 3.11. The van der Waals surface area contributed by atoms with Crippen LogP contribution in [-0.4, -0.2) is 84.2 Å². The molecule has 36 heavy (non-hydrogen) atoms. The van der Waals surface area contributed by atoms with E-state index in [2.05, 4.69) is 15.9 Å². The van der Waals surface area contributed by atoms with Gasteiger partial charge < -0.3 is 33.2 Å². The highest BCUT2D eigenvalue weighted by atomic mass is 79.9. The highest BCUT2D eigenvalue weighted by Gasteiger charge is 2.56. The Morgan fingerprint density at radius 3 is 2.06 bits per heavy atom. The minimum atomic E-state index is -1.45. The Morgan fingerprint density at radius 1 is 0.972 bits per heavy atom. The first-order valence-corrected chi connectivity index (χ1v) is 12.5. The Hall–Kier alpha value is -2.09. The topological polar surface area (TPSA) is 150 Å². The highest BCUT2D eigenvalue weighted by Crippen LogP contribution is 2.41. The summed E-state index contributed by atoms with van der Waals surface area (Å²) in [5.41, 5.74) is 0. The Labute approximate surface area is 217 Å². The van der Waals surface area contributed by atoms with Gasteiger partial charge in [0.1, 0.15) is 17.0 Å². The summed E-state index contributed by atoms with van der Waals surface area (Å²) in [6, 6.07) is 0. The molecule has 0 aromatic heterocycles. The van der Waals surface area contributed by atoms with Crippen molar-refractivity contribution >= 4 is 45.6 Å². The number of carbonyl (C=O) groups is 5. The fourth-order valence-electron chi connectivity index (χ4n) is 4.03. The van der Waals surface area contributed by atoms with Gasteiger partial charge in [-0.05, 0) is 19.3 Å². The Balaban J connectivity index is 2.49. The van der Waals surface area contributed by atoms with Crippen molar-refractivity contribution in [2.24, 2.45) is 0 Å². The van der Waals surface area contributed by atoms with Crippen LogP contribution in [0.2, 0.25) is 0 Å². The lowest BCUT2D eigenvalue weighted by Crippen LogP contribution is -2.64. The summed E-state index contributed by atoms with van der Waals surface area (Å²) in [6.07, 6.45) is -5.91.